The number of aryl methyl sites for hydroxylation is 1. The third kappa shape index (κ3) is 2.35. The van der Waals surface area contributed by atoms with E-state index in [9.17, 15) is 0 Å². The van der Waals surface area contributed by atoms with Crippen LogP contribution in [0.25, 0.3) is 0 Å². The molecule has 1 aliphatic heterocycles. The first-order valence-corrected chi connectivity index (χ1v) is 6.03. The number of rotatable bonds is 3. The number of aromatic nitrogens is 3. The van der Waals surface area contributed by atoms with Gasteiger partial charge in [0.15, 0.2) is 5.22 Å². The number of hydrogen-bond acceptors (Lipinski definition) is 4. The van der Waals surface area contributed by atoms with Gasteiger partial charge in [-0.25, -0.2) is 9.67 Å². The summed E-state index contributed by atoms with van der Waals surface area (Å²) in [5.41, 5.74) is 0. The summed E-state index contributed by atoms with van der Waals surface area (Å²) in [5.74, 6) is 1.93. The molecule has 1 aliphatic rings. The first-order chi connectivity index (χ1) is 8.31. The third-order valence-electron chi connectivity index (χ3n) is 3.00. The molecule has 90 valence electrons. The molecule has 5 nitrogen and oxygen atoms in total. The van der Waals surface area contributed by atoms with Crippen molar-refractivity contribution in [1.82, 2.24) is 20.1 Å². The second-order valence-corrected chi connectivity index (χ2v) is 4.55. The van der Waals surface area contributed by atoms with Gasteiger partial charge >= 0.3 is 0 Å². The van der Waals surface area contributed by atoms with E-state index in [4.69, 9.17) is 16.0 Å². The Hall–Kier alpha value is -1.33. The van der Waals surface area contributed by atoms with Crippen molar-refractivity contribution in [2.24, 2.45) is 0 Å². The molecule has 1 atom stereocenters. The Morgan fingerprint density at radius 3 is 3.29 bits per heavy atom. The van der Waals surface area contributed by atoms with Crippen molar-refractivity contribution < 1.29 is 4.42 Å². The van der Waals surface area contributed by atoms with Crippen molar-refractivity contribution in [2.75, 3.05) is 0 Å². The van der Waals surface area contributed by atoms with Crippen LogP contribution in [0, 0.1) is 0 Å². The summed E-state index contributed by atoms with van der Waals surface area (Å²) in [6, 6.07) is 4.06. The highest BCUT2D eigenvalue weighted by Crippen LogP contribution is 2.15. The minimum atomic E-state index is 0.410. The Labute approximate surface area is 104 Å². The molecule has 1 N–H and O–H groups in total. The molecule has 6 heteroatoms. The molecule has 0 spiro atoms. The van der Waals surface area contributed by atoms with Crippen molar-refractivity contribution in [2.45, 2.75) is 32.0 Å². The average Bonchev–Trinajstić information content (AvgIpc) is 2.94. The van der Waals surface area contributed by atoms with Crippen LogP contribution >= 0.6 is 11.6 Å². The Morgan fingerprint density at radius 2 is 2.47 bits per heavy atom. The van der Waals surface area contributed by atoms with Crippen molar-refractivity contribution in [3.05, 3.63) is 35.3 Å². The van der Waals surface area contributed by atoms with Gasteiger partial charge in [0.1, 0.15) is 17.9 Å². The van der Waals surface area contributed by atoms with Gasteiger partial charge in [-0.15, -0.1) is 0 Å². The van der Waals surface area contributed by atoms with E-state index in [2.05, 4.69) is 15.4 Å². The molecule has 0 saturated carbocycles. The number of halogens is 1. The molecular weight excluding hydrogens is 240 g/mol. The Kier molecular flexibility index (Phi) is 2.86. The fourth-order valence-corrected chi connectivity index (χ4v) is 2.26. The SMILES string of the molecule is Clc1ccc(CNC2CCc3ncnn3C2)o1. The molecule has 2 aromatic rings. The molecule has 17 heavy (non-hydrogen) atoms. The Bertz CT molecular complexity index is 507. The zero-order valence-corrected chi connectivity index (χ0v) is 10.0. The fraction of sp³-hybridized carbons (Fsp3) is 0.455. The van der Waals surface area contributed by atoms with E-state index in [0.29, 0.717) is 17.8 Å². The fourth-order valence-electron chi connectivity index (χ4n) is 2.10. The average molecular weight is 253 g/mol. The van der Waals surface area contributed by atoms with Crippen LogP contribution in [0.15, 0.2) is 22.9 Å². The molecule has 0 fully saturated rings. The van der Waals surface area contributed by atoms with Crippen molar-refractivity contribution >= 4 is 11.6 Å². The summed E-state index contributed by atoms with van der Waals surface area (Å²) < 4.78 is 7.25. The largest absolute Gasteiger partial charge is 0.448 e. The number of nitrogens with zero attached hydrogens (tertiary/aromatic N) is 3. The minimum absolute atomic E-state index is 0.410. The lowest BCUT2D eigenvalue weighted by Crippen LogP contribution is -2.37. The van der Waals surface area contributed by atoms with Gasteiger partial charge in [0, 0.05) is 12.5 Å². The standard InChI is InChI=1S/C11H13ClN4O/c12-10-3-2-9(17-10)5-13-8-1-4-11-14-7-15-16(11)6-8/h2-3,7-8,13H,1,4-6H2. The molecule has 0 saturated heterocycles. The predicted octanol–water partition coefficient (Wildman–Crippen LogP) is 1.63. The van der Waals surface area contributed by atoms with Crippen LogP contribution in [-0.2, 0) is 19.5 Å². The third-order valence-corrected chi connectivity index (χ3v) is 3.20. The van der Waals surface area contributed by atoms with Crippen LogP contribution < -0.4 is 5.32 Å². The first kappa shape index (κ1) is 10.8. The first-order valence-electron chi connectivity index (χ1n) is 5.65. The Balaban J connectivity index is 1.57. The highest BCUT2D eigenvalue weighted by molar-refractivity contribution is 6.28. The second kappa shape index (κ2) is 4.50. The number of nitrogens with one attached hydrogen (secondary N) is 1. The molecule has 0 radical (unpaired) electrons. The van der Waals surface area contributed by atoms with Crippen LogP contribution in [0.5, 0.6) is 0 Å². The van der Waals surface area contributed by atoms with Crippen LogP contribution in [0.1, 0.15) is 18.0 Å². The van der Waals surface area contributed by atoms with E-state index in [-0.39, 0.29) is 0 Å². The molecule has 0 amide bonds. The molecule has 1 unspecified atom stereocenters. The maximum absolute atomic E-state index is 5.72. The normalized spacial score (nSPS) is 19.2. The molecule has 0 aromatic carbocycles. The van der Waals surface area contributed by atoms with Gasteiger partial charge in [0.05, 0.1) is 13.1 Å². The van der Waals surface area contributed by atoms with Crippen LogP contribution in [0.3, 0.4) is 0 Å². The Morgan fingerprint density at radius 1 is 1.53 bits per heavy atom. The molecule has 0 bridgehead atoms. The van der Waals surface area contributed by atoms with E-state index >= 15 is 0 Å². The lowest BCUT2D eigenvalue weighted by Gasteiger charge is -2.23. The lowest BCUT2D eigenvalue weighted by molar-refractivity contribution is 0.345. The van der Waals surface area contributed by atoms with Gasteiger partial charge in [-0.1, -0.05) is 0 Å². The van der Waals surface area contributed by atoms with Gasteiger partial charge in [-0.3, -0.25) is 0 Å². The second-order valence-electron chi connectivity index (χ2n) is 4.18. The zero-order valence-electron chi connectivity index (χ0n) is 9.27. The van der Waals surface area contributed by atoms with Crippen LogP contribution in [0.2, 0.25) is 5.22 Å². The van der Waals surface area contributed by atoms with Gasteiger partial charge in [0.2, 0.25) is 0 Å². The lowest BCUT2D eigenvalue weighted by atomic mass is 10.1. The monoisotopic (exact) mass is 252 g/mol. The molecule has 3 rings (SSSR count). The topological polar surface area (TPSA) is 55.9 Å². The summed E-state index contributed by atoms with van der Waals surface area (Å²) >= 11 is 5.72. The van der Waals surface area contributed by atoms with Crippen LogP contribution in [0.4, 0.5) is 0 Å². The predicted molar refractivity (Wildman–Crippen MR) is 62.7 cm³/mol. The van der Waals surface area contributed by atoms with E-state index < -0.39 is 0 Å². The van der Waals surface area contributed by atoms with Gasteiger partial charge in [-0.2, -0.15) is 5.10 Å². The van der Waals surface area contributed by atoms with Gasteiger partial charge < -0.3 is 9.73 Å². The summed E-state index contributed by atoms with van der Waals surface area (Å²) in [6.07, 6.45) is 3.66. The number of fused-ring (bicyclic) bond motifs is 1. The van der Waals surface area contributed by atoms with Crippen molar-refractivity contribution in [3.63, 3.8) is 0 Å². The molecule has 0 aliphatic carbocycles. The van der Waals surface area contributed by atoms with Gasteiger partial charge in [-0.05, 0) is 30.2 Å². The quantitative estimate of drug-likeness (QED) is 0.902. The molecule has 2 aromatic heterocycles. The van der Waals surface area contributed by atoms with E-state index in [1.54, 1.807) is 12.4 Å². The smallest absolute Gasteiger partial charge is 0.193 e. The van der Waals surface area contributed by atoms with Gasteiger partial charge in [0.25, 0.3) is 0 Å². The van der Waals surface area contributed by atoms with Crippen molar-refractivity contribution in [3.8, 4) is 0 Å². The van der Waals surface area contributed by atoms with Crippen LogP contribution in [-0.4, -0.2) is 20.8 Å². The maximum atomic E-state index is 5.72. The van der Waals surface area contributed by atoms with E-state index in [1.807, 2.05) is 10.7 Å². The van der Waals surface area contributed by atoms with Crippen molar-refractivity contribution in [1.29, 1.82) is 0 Å². The maximum Gasteiger partial charge on any atom is 0.193 e. The summed E-state index contributed by atoms with van der Waals surface area (Å²) in [7, 11) is 0. The minimum Gasteiger partial charge on any atom is -0.448 e. The summed E-state index contributed by atoms with van der Waals surface area (Å²) in [4.78, 5) is 4.20. The number of furan rings is 1. The number of hydrogen-bond donors (Lipinski definition) is 1. The highest BCUT2D eigenvalue weighted by atomic mass is 35.5. The molecule has 3 heterocycles. The zero-order chi connectivity index (χ0) is 11.7. The highest BCUT2D eigenvalue weighted by Gasteiger charge is 2.19. The van der Waals surface area contributed by atoms with E-state index in [1.165, 1.54) is 0 Å². The summed E-state index contributed by atoms with van der Waals surface area (Å²) in [5, 5.41) is 8.06. The molecular formula is C11H13ClN4O. The summed E-state index contributed by atoms with van der Waals surface area (Å²) in [6.45, 7) is 1.56. The van der Waals surface area contributed by atoms with E-state index in [0.717, 1.165) is 31.0 Å².